The van der Waals surface area contributed by atoms with Gasteiger partial charge in [0.2, 0.25) is 0 Å². The molecule has 3 aliphatic heterocycles. The zero-order valence-electron chi connectivity index (χ0n) is 16.6. The Morgan fingerprint density at radius 1 is 1.43 bits per heavy atom. The van der Waals surface area contributed by atoms with E-state index in [0.717, 1.165) is 16.7 Å². The van der Waals surface area contributed by atoms with Gasteiger partial charge in [0.15, 0.2) is 12.5 Å². The van der Waals surface area contributed by atoms with Crippen LogP contribution in [0.2, 0.25) is 5.15 Å². The molecule has 1 saturated heterocycles. The quantitative estimate of drug-likeness (QED) is 0.398. The number of nitrogens with zero attached hydrogens (tertiary/aromatic N) is 2. The number of pyridine rings is 1. The minimum Gasteiger partial charge on any atom is -0.472 e. The summed E-state index contributed by atoms with van der Waals surface area (Å²) in [5.41, 5.74) is 3.55. The predicted molar refractivity (Wildman–Crippen MR) is 102 cm³/mol. The number of rotatable bonds is 6. The van der Waals surface area contributed by atoms with Crippen LogP contribution in [0.25, 0.3) is 0 Å². The van der Waals surface area contributed by atoms with Gasteiger partial charge in [-0.2, -0.15) is 8.78 Å². The molecular formula is C20H22ClF4N3O2. The molecule has 1 aromatic heterocycles. The fraction of sp³-hybridized carbons (Fsp3) is 0.550. The number of nitrogens with one attached hydrogen (secondary N) is 1. The van der Waals surface area contributed by atoms with Crippen molar-refractivity contribution in [3.05, 3.63) is 51.6 Å². The van der Waals surface area contributed by atoms with E-state index in [-0.39, 0.29) is 30.3 Å². The number of fused-ring (bicyclic) bond motifs is 3. The molecule has 0 radical (unpaired) electrons. The van der Waals surface area contributed by atoms with Gasteiger partial charge in [0.25, 0.3) is 0 Å². The number of ether oxygens (including phenoxy) is 2. The van der Waals surface area contributed by atoms with Crippen molar-refractivity contribution in [3.8, 4) is 0 Å². The number of hydrogen-bond donors (Lipinski definition) is 1. The van der Waals surface area contributed by atoms with Crippen LogP contribution in [0.5, 0.6) is 0 Å². The Hall–Kier alpha value is -1.84. The number of halogens is 5. The molecule has 0 spiro atoms. The topological polar surface area (TPSA) is 49.9 Å². The van der Waals surface area contributed by atoms with Gasteiger partial charge >= 0.3 is 12.3 Å². The van der Waals surface area contributed by atoms with Gasteiger partial charge in [-0.1, -0.05) is 17.7 Å². The Morgan fingerprint density at radius 3 is 2.87 bits per heavy atom. The molecule has 1 N–H and O–H groups in total. The average Bonchev–Trinajstić information content (AvgIpc) is 3.48. The Balaban J connectivity index is 1.52. The third-order valence-corrected chi connectivity index (χ3v) is 6.10. The lowest BCUT2D eigenvalue weighted by Crippen LogP contribution is -2.45. The monoisotopic (exact) mass is 447 g/mol. The Bertz CT molecular complexity index is 908. The minimum absolute atomic E-state index is 0.0451. The summed E-state index contributed by atoms with van der Waals surface area (Å²) in [6.45, 7) is 4.76. The highest BCUT2D eigenvalue weighted by Crippen LogP contribution is 2.49. The van der Waals surface area contributed by atoms with Crippen molar-refractivity contribution in [2.24, 2.45) is 0 Å². The number of dihydropyridines is 1. The van der Waals surface area contributed by atoms with E-state index in [2.05, 4.69) is 15.2 Å². The molecule has 0 aromatic carbocycles. The first kappa shape index (κ1) is 21.4. The summed E-state index contributed by atoms with van der Waals surface area (Å²) in [7, 11) is 0. The maximum atomic E-state index is 13.2. The fourth-order valence-electron chi connectivity index (χ4n) is 4.01. The number of alkyl halides is 4. The van der Waals surface area contributed by atoms with Crippen LogP contribution in [0.4, 0.5) is 17.6 Å². The van der Waals surface area contributed by atoms with Crippen molar-refractivity contribution >= 4 is 11.6 Å². The average molecular weight is 448 g/mol. The first-order chi connectivity index (χ1) is 14.1. The van der Waals surface area contributed by atoms with Gasteiger partial charge in [0.05, 0.1) is 0 Å². The van der Waals surface area contributed by atoms with Gasteiger partial charge in [-0.05, 0) is 38.0 Å². The van der Waals surface area contributed by atoms with Crippen molar-refractivity contribution < 1.29 is 27.0 Å². The summed E-state index contributed by atoms with van der Waals surface area (Å²) >= 11 is 6.29. The maximum Gasteiger partial charge on any atom is 0.340 e. The van der Waals surface area contributed by atoms with Crippen molar-refractivity contribution in [2.45, 2.75) is 64.1 Å². The highest BCUT2D eigenvalue weighted by Gasteiger charge is 2.52. The third-order valence-electron chi connectivity index (χ3n) is 5.78. The lowest BCUT2D eigenvalue weighted by molar-refractivity contribution is -0.159. The Kier molecular flexibility index (Phi) is 5.48. The van der Waals surface area contributed by atoms with E-state index in [4.69, 9.17) is 21.1 Å². The molecule has 164 valence electrons. The van der Waals surface area contributed by atoms with Crippen LogP contribution in [0.15, 0.2) is 35.4 Å². The smallest absolute Gasteiger partial charge is 0.340 e. The van der Waals surface area contributed by atoms with Gasteiger partial charge < -0.3 is 14.8 Å². The number of aromatic nitrogens is 1. The van der Waals surface area contributed by atoms with Gasteiger partial charge in [-0.15, -0.1) is 0 Å². The van der Waals surface area contributed by atoms with E-state index in [1.165, 1.54) is 0 Å². The van der Waals surface area contributed by atoms with Crippen molar-refractivity contribution in [2.75, 3.05) is 6.61 Å². The second-order valence-corrected chi connectivity index (χ2v) is 8.20. The number of allylic oxidation sites excluding steroid dienone is 2. The highest BCUT2D eigenvalue weighted by molar-refractivity contribution is 6.30. The summed E-state index contributed by atoms with van der Waals surface area (Å²) in [6.07, 6.45) is -0.372. The van der Waals surface area contributed by atoms with Crippen LogP contribution >= 0.6 is 11.6 Å². The van der Waals surface area contributed by atoms with Crippen molar-refractivity contribution in [1.29, 1.82) is 0 Å². The Labute approximate surface area is 176 Å². The van der Waals surface area contributed by atoms with Crippen LogP contribution in [0.3, 0.4) is 0 Å². The molecule has 5 nitrogen and oxygen atoms in total. The van der Waals surface area contributed by atoms with Crippen molar-refractivity contribution in [1.82, 2.24) is 15.2 Å². The first-order valence-corrected chi connectivity index (χ1v) is 10.00. The molecule has 0 amide bonds. The van der Waals surface area contributed by atoms with Gasteiger partial charge in [0.1, 0.15) is 17.5 Å². The summed E-state index contributed by atoms with van der Waals surface area (Å²) in [4.78, 5) is 6.33. The second-order valence-electron chi connectivity index (χ2n) is 7.84. The summed E-state index contributed by atoms with van der Waals surface area (Å²) in [5, 5.41) is 3.46. The van der Waals surface area contributed by atoms with Gasteiger partial charge in [-0.25, -0.2) is 13.8 Å². The molecule has 4 heterocycles. The maximum absolute atomic E-state index is 13.2. The molecule has 30 heavy (non-hydrogen) atoms. The van der Waals surface area contributed by atoms with E-state index in [1.807, 2.05) is 26.0 Å². The molecule has 3 aliphatic rings. The molecule has 1 aromatic rings. The van der Waals surface area contributed by atoms with E-state index < -0.39 is 19.0 Å². The minimum atomic E-state index is -4.21. The highest BCUT2D eigenvalue weighted by atomic mass is 35.5. The number of hydrogen-bond acceptors (Lipinski definition) is 5. The molecule has 0 saturated carbocycles. The van der Waals surface area contributed by atoms with E-state index in [1.54, 1.807) is 13.1 Å². The normalized spacial score (nSPS) is 27.2. The van der Waals surface area contributed by atoms with E-state index in [0.29, 0.717) is 17.3 Å². The molecule has 4 unspecified atom stereocenters. The van der Waals surface area contributed by atoms with Crippen LogP contribution in [0.1, 0.15) is 38.0 Å². The first-order valence-electron chi connectivity index (χ1n) is 9.62. The zero-order chi connectivity index (χ0) is 21.8. The number of epoxide rings is 1. The van der Waals surface area contributed by atoms with Crippen LogP contribution in [0, 0.1) is 0 Å². The molecule has 0 aliphatic carbocycles. The molecule has 0 bridgehead atoms. The van der Waals surface area contributed by atoms with Crippen LogP contribution in [-0.4, -0.2) is 47.2 Å². The van der Waals surface area contributed by atoms with E-state index >= 15 is 0 Å². The summed E-state index contributed by atoms with van der Waals surface area (Å²) in [6, 6.07) is 1.62. The fourth-order valence-corrected chi connectivity index (χ4v) is 4.24. The molecule has 4 rings (SSSR count). The second kappa shape index (κ2) is 7.69. The predicted octanol–water partition coefficient (Wildman–Crippen LogP) is 4.40. The zero-order valence-corrected chi connectivity index (χ0v) is 17.4. The van der Waals surface area contributed by atoms with Crippen molar-refractivity contribution in [3.63, 3.8) is 0 Å². The Morgan fingerprint density at radius 2 is 2.17 bits per heavy atom. The van der Waals surface area contributed by atoms with Crippen LogP contribution in [-0.2, 0) is 16.0 Å². The third kappa shape index (κ3) is 3.78. The lowest BCUT2D eigenvalue weighted by atomic mass is 9.92. The molecular weight excluding hydrogens is 426 g/mol. The molecule has 1 fully saturated rings. The SMILES string of the molecule is CC1=C(OCC(F)(F)C(F)F)NC(C)C(C(C)N2Cc3c(ccnc3Cl)C3OC32)=C1. The van der Waals surface area contributed by atoms with Gasteiger partial charge in [-0.3, -0.25) is 4.90 Å². The van der Waals surface area contributed by atoms with Gasteiger partial charge in [0, 0.05) is 36.0 Å². The summed E-state index contributed by atoms with van der Waals surface area (Å²) in [5.74, 6) is -4.13. The van der Waals surface area contributed by atoms with E-state index in [9.17, 15) is 17.6 Å². The summed E-state index contributed by atoms with van der Waals surface area (Å²) < 4.78 is 62.0. The largest absolute Gasteiger partial charge is 0.472 e. The molecule has 4 atom stereocenters. The lowest BCUT2D eigenvalue weighted by Gasteiger charge is -2.37. The molecule has 10 heteroatoms. The van der Waals surface area contributed by atoms with Crippen LogP contribution < -0.4 is 5.32 Å². The standard InChI is InChI=1S/C20H22ClF4N3O2/c1-9-6-13(10(2)27-17(9)29-8-20(24,25)19(22)23)11(3)28-7-14-12(15-18(28)30-15)4-5-26-16(14)21/h4-6,10-11,15,18-19,27H,7-8H2,1-3H3.